The van der Waals surface area contributed by atoms with Gasteiger partial charge in [0, 0.05) is 0 Å². The Morgan fingerprint density at radius 1 is 1.12 bits per heavy atom. The number of sulfonamides is 1. The third kappa shape index (κ3) is 7.36. The first-order valence-corrected chi connectivity index (χ1v) is 10.5. The van der Waals surface area contributed by atoms with Gasteiger partial charge in [0.2, 0.25) is 10.0 Å². The Bertz CT molecular complexity index is 774. The van der Waals surface area contributed by atoms with Crippen LogP contribution < -0.4 is 4.72 Å². The highest BCUT2D eigenvalue weighted by molar-refractivity contribution is 7.88. The summed E-state index contributed by atoms with van der Waals surface area (Å²) in [5, 5.41) is 8.04. The Hall–Kier alpha value is -1.73. The molecule has 0 unspecified atom stereocenters. The first-order chi connectivity index (χ1) is 11.6. The maximum Gasteiger partial charge on any atom is 0.209 e. The Balaban J connectivity index is 1.88. The van der Waals surface area contributed by atoms with Gasteiger partial charge in [-0.3, -0.25) is 0 Å². The summed E-state index contributed by atoms with van der Waals surface area (Å²) in [6, 6.07) is 8.26. The van der Waals surface area contributed by atoms with E-state index in [4.69, 9.17) is 0 Å². The molecule has 7 heteroatoms. The van der Waals surface area contributed by atoms with E-state index in [1.54, 1.807) is 10.9 Å². The number of aromatic nitrogens is 3. The zero-order valence-electron chi connectivity index (χ0n) is 15.5. The number of nitrogens with zero attached hydrogens (tertiary/aromatic N) is 3. The molecule has 1 heterocycles. The Morgan fingerprint density at radius 2 is 1.80 bits per heavy atom. The molecule has 0 saturated heterocycles. The maximum atomic E-state index is 11.1. The van der Waals surface area contributed by atoms with E-state index in [9.17, 15) is 8.42 Å². The molecule has 0 spiro atoms. The van der Waals surface area contributed by atoms with Gasteiger partial charge in [0.15, 0.2) is 0 Å². The molecule has 0 aliphatic heterocycles. The number of nitrogens with one attached hydrogen (secondary N) is 1. The molecule has 1 aromatic carbocycles. The highest BCUT2D eigenvalue weighted by atomic mass is 32.2. The van der Waals surface area contributed by atoms with Crippen molar-refractivity contribution < 1.29 is 8.42 Å². The molecule has 0 radical (unpaired) electrons. The van der Waals surface area contributed by atoms with Gasteiger partial charge >= 0.3 is 0 Å². The standard InChI is InChI=1S/C18H28N4O2S/c1-18(2,3)12-6-5-7-15-8-10-17(11-9-15)22-14-16(20-21-22)13-19-25(4,23)24/h8-11,14,19H,5-7,12-13H2,1-4H3. The predicted octanol–water partition coefficient (Wildman–Crippen LogP) is 3.08. The van der Waals surface area contributed by atoms with Gasteiger partial charge in [0.05, 0.1) is 30.4 Å². The zero-order valence-corrected chi connectivity index (χ0v) is 16.3. The van der Waals surface area contributed by atoms with Crippen molar-refractivity contribution in [3.8, 4) is 5.69 Å². The highest BCUT2D eigenvalue weighted by Gasteiger charge is 2.09. The van der Waals surface area contributed by atoms with Crippen LogP contribution in [0.4, 0.5) is 0 Å². The van der Waals surface area contributed by atoms with Crippen LogP contribution in [0.3, 0.4) is 0 Å². The fraction of sp³-hybridized carbons (Fsp3) is 0.556. The fourth-order valence-corrected chi connectivity index (χ4v) is 2.92. The molecule has 138 valence electrons. The molecule has 1 aromatic heterocycles. The van der Waals surface area contributed by atoms with Crippen molar-refractivity contribution in [1.29, 1.82) is 0 Å². The SMILES string of the molecule is CC(C)(C)CCCCc1ccc(-n2cc(CNS(C)(=O)=O)nn2)cc1. The van der Waals surface area contributed by atoms with Crippen LogP contribution in [-0.2, 0) is 23.0 Å². The normalized spacial score (nSPS) is 12.5. The molecule has 2 rings (SSSR count). The highest BCUT2D eigenvalue weighted by Crippen LogP contribution is 2.22. The number of hydrogen-bond acceptors (Lipinski definition) is 4. The molecular formula is C18H28N4O2S. The summed E-state index contributed by atoms with van der Waals surface area (Å²) >= 11 is 0. The molecular weight excluding hydrogens is 336 g/mol. The van der Waals surface area contributed by atoms with Gasteiger partial charge in [-0.1, -0.05) is 44.5 Å². The van der Waals surface area contributed by atoms with E-state index in [-0.39, 0.29) is 6.54 Å². The van der Waals surface area contributed by atoms with Crippen LogP contribution in [0.25, 0.3) is 5.69 Å². The minimum Gasteiger partial charge on any atom is -0.220 e. The summed E-state index contributed by atoms with van der Waals surface area (Å²) in [6.45, 7) is 6.98. The number of aryl methyl sites for hydroxylation is 1. The number of rotatable bonds is 8. The van der Waals surface area contributed by atoms with Gasteiger partial charge in [0.1, 0.15) is 0 Å². The second-order valence-corrected chi connectivity index (χ2v) is 9.51. The van der Waals surface area contributed by atoms with Crippen molar-refractivity contribution in [2.45, 2.75) is 53.0 Å². The monoisotopic (exact) mass is 364 g/mol. The lowest BCUT2D eigenvalue weighted by Gasteiger charge is -2.17. The van der Waals surface area contributed by atoms with Crippen molar-refractivity contribution >= 4 is 10.0 Å². The molecule has 0 aliphatic carbocycles. The lowest BCUT2D eigenvalue weighted by molar-refractivity contribution is 0.360. The van der Waals surface area contributed by atoms with Crippen molar-refractivity contribution in [3.05, 3.63) is 41.7 Å². The second-order valence-electron chi connectivity index (χ2n) is 7.68. The average molecular weight is 365 g/mol. The second kappa shape index (κ2) is 8.10. The molecule has 1 N–H and O–H groups in total. The summed E-state index contributed by atoms with van der Waals surface area (Å²) in [5.74, 6) is 0. The van der Waals surface area contributed by atoms with Gasteiger partial charge in [0.25, 0.3) is 0 Å². The number of unbranched alkanes of at least 4 members (excludes halogenated alkanes) is 1. The minimum atomic E-state index is -3.23. The summed E-state index contributed by atoms with van der Waals surface area (Å²) in [4.78, 5) is 0. The van der Waals surface area contributed by atoms with Crippen molar-refractivity contribution in [3.63, 3.8) is 0 Å². The molecule has 0 aliphatic rings. The predicted molar refractivity (Wildman–Crippen MR) is 100 cm³/mol. The van der Waals surface area contributed by atoms with Crippen molar-refractivity contribution in [2.24, 2.45) is 5.41 Å². The Kier molecular flexibility index (Phi) is 6.35. The topological polar surface area (TPSA) is 76.9 Å². The smallest absolute Gasteiger partial charge is 0.209 e. The molecule has 2 aromatic rings. The minimum absolute atomic E-state index is 0.144. The van der Waals surface area contributed by atoms with E-state index in [1.165, 1.54) is 24.8 Å². The van der Waals surface area contributed by atoms with Crippen LogP contribution in [-0.4, -0.2) is 29.7 Å². The summed E-state index contributed by atoms with van der Waals surface area (Å²) in [5.41, 5.74) is 3.21. The lowest BCUT2D eigenvalue weighted by atomic mass is 9.89. The van der Waals surface area contributed by atoms with Gasteiger partial charge < -0.3 is 0 Å². The van der Waals surface area contributed by atoms with Crippen molar-refractivity contribution in [2.75, 3.05) is 6.26 Å². The van der Waals surface area contributed by atoms with E-state index in [0.29, 0.717) is 11.1 Å². The molecule has 0 saturated carbocycles. The maximum absolute atomic E-state index is 11.1. The Labute approximate surface area is 150 Å². The van der Waals surface area contributed by atoms with E-state index in [2.05, 4.69) is 47.9 Å². The molecule has 0 amide bonds. The van der Waals surface area contributed by atoms with E-state index < -0.39 is 10.0 Å². The molecule has 0 atom stereocenters. The van der Waals surface area contributed by atoms with E-state index >= 15 is 0 Å². The Morgan fingerprint density at radius 3 is 2.40 bits per heavy atom. The van der Waals surface area contributed by atoms with Gasteiger partial charge in [-0.2, -0.15) is 0 Å². The van der Waals surface area contributed by atoms with Crippen LogP contribution in [0, 0.1) is 5.41 Å². The van der Waals surface area contributed by atoms with Gasteiger partial charge in [-0.15, -0.1) is 5.10 Å². The first-order valence-electron chi connectivity index (χ1n) is 8.58. The lowest BCUT2D eigenvalue weighted by Crippen LogP contribution is -2.21. The van der Waals surface area contributed by atoms with E-state index in [0.717, 1.165) is 18.4 Å². The molecule has 0 bridgehead atoms. The van der Waals surface area contributed by atoms with Gasteiger partial charge in [-0.05, 0) is 42.4 Å². The quantitative estimate of drug-likeness (QED) is 0.730. The van der Waals surface area contributed by atoms with Crippen LogP contribution in [0.2, 0.25) is 0 Å². The van der Waals surface area contributed by atoms with Crippen LogP contribution in [0.1, 0.15) is 51.3 Å². The summed E-state index contributed by atoms with van der Waals surface area (Å²) < 4.78 is 26.3. The third-order valence-corrected chi connectivity index (χ3v) is 4.57. The zero-order chi connectivity index (χ0) is 18.5. The molecule has 25 heavy (non-hydrogen) atoms. The molecule has 0 fully saturated rings. The summed E-state index contributed by atoms with van der Waals surface area (Å²) in [7, 11) is -3.23. The van der Waals surface area contributed by atoms with Gasteiger partial charge in [-0.25, -0.2) is 17.8 Å². The van der Waals surface area contributed by atoms with Crippen LogP contribution in [0.5, 0.6) is 0 Å². The third-order valence-electron chi connectivity index (χ3n) is 3.90. The number of hydrogen-bond donors (Lipinski definition) is 1. The van der Waals surface area contributed by atoms with Crippen LogP contribution >= 0.6 is 0 Å². The average Bonchev–Trinajstić information content (AvgIpc) is 2.98. The fourth-order valence-electron chi connectivity index (χ4n) is 2.51. The molecule has 6 nitrogen and oxygen atoms in total. The first kappa shape index (κ1) is 19.6. The van der Waals surface area contributed by atoms with Crippen LogP contribution in [0.15, 0.2) is 30.5 Å². The van der Waals surface area contributed by atoms with E-state index in [1.807, 2.05) is 12.1 Å². The summed E-state index contributed by atoms with van der Waals surface area (Å²) in [6.07, 6.45) is 7.62. The largest absolute Gasteiger partial charge is 0.220 e. The van der Waals surface area contributed by atoms with Crippen molar-refractivity contribution in [1.82, 2.24) is 19.7 Å². The number of benzene rings is 1.